The van der Waals surface area contributed by atoms with Crippen LogP contribution < -0.4 is 5.32 Å². The number of nitrogens with zero attached hydrogens (tertiary/aromatic N) is 1. The molecule has 0 saturated carbocycles. The van der Waals surface area contributed by atoms with Crippen LogP contribution >= 0.6 is 0 Å². The molecule has 2 rings (SSSR count). The summed E-state index contributed by atoms with van der Waals surface area (Å²) in [4.78, 5) is 14.6. The third-order valence-electron chi connectivity index (χ3n) is 4.35. The van der Waals surface area contributed by atoms with Crippen molar-refractivity contribution in [2.75, 3.05) is 20.1 Å². The number of piperidine rings is 1. The zero-order chi connectivity index (χ0) is 14.7. The topological polar surface area (TPSA) is 32.3 Å². The summed E-state index contributed by atoms with van der Waals surface area (Å²) in [7, 11) is 2.12. The van der Waals surface area contributed by atoms with E-state index in [1.165, 1.54) is 16.7 Å². The summed E-state index contributed by atoms with van der Waals surface area (Å²) in [6, 6.07) is 6.50. The Labute approximate surface area is 122 Å². The second-order valence-corrected chi connectivity index (χ2v) is 6.17. The first-order valence-electron chi connectivity index (χ1n) is 7.53. The zero-order valence-electron chi connectivity index (χ0n) is 13.1. The van der Waals surface area contributed by atoms with Gasteiger partial charge in [-0.2, -0.15) is 0 Å². The molecular formula is C17H26N2O. The number of benzene rings is 1. The Kier molecular flexibility index (Phi) is 4.81. The molecule has 1 saturated heterocycles. The highest BCUT2D eigenvalue weighted by Crippen LogP contribution is 2.21. The second kappa shape index (κ2) is 6.40. The molecule has 0 radical (unpaired) electrons. The summed E-state index contributed by atoms with van der Waals surface area (Å²) in [5, 5.41) is 3.19. The van der Waals surface area contributed by atoms with Crippen LogP contribution in [0.2, 0.25) is 0 Å². The predicted octanol–water partition coefficient (Wildman–Crippen LogP) is 2.82. The SMILES string of the molecule is Cc1ccc(C)c([C@H](C)NC(=O)C2CCN(C)CC2)c1. The molecule has 0 aliphatic carbocycles. The molecule has 1 aliphatic rings. The van der Waals surface area contributed by atoms with E-state index >= 15 is 0 Å². The van der Waals surface area contributed by atoms with Crippen molar-refractivity contribution in [3.05, 3.63) is 34.9 Å². The maximum Gasteiger partial charge on any atom is 0.223 e. The molecule has 1 heterocycles. The van der Waals surface area contributed by atoms with Crippen molar-refractivity contribution < 1.29 is 4.79 Å². The highest BCUT2D eigenvalue weighted by atomic mass is 16.1. The van der Waals surface area contributed by atoms with Gasteiger partial charge in [0.1, 0.15) is 0 Å². The monoisotopic (exact) mass is 274 g/mol. The first-order chi connectivity index (χ1) is 9.47. The summed E-state index contributed by atoms with van der Waals surface area (Å²) in [6.07, 6.45) is 1.95. The minimum atomic E-state index is 0.0852. The van der Waals surface area contributed by atoms with Crippen LogP contribution in [0.3, 0.4) is 0 Å². The minimum absolute atomic E-state index is 0.0852. The van der Waals surface area contributed by atoms with E-state index in [0.717, 1.165) is 25.9 Å². The number of rotatable bonds is 3. The van der Waals surface area contributed by atoms with Gasteiger partial charge in [-0.05, 0) is 64.9 Å². The van der Waals surface area contributed by atoms with Gasteiger partial charge < -0.3 is 10.2 Å². The average Bonchev–Trinajstić information content (AvgIpc) is 2.42. The maximum atomic E-state index is 12.4. The lowest BCUT2D eigenvalue weighted by Crippen LogP contribution is -2.39. The van der Waals surface area contributed by atoms with Crippen LogP contribution in [0, 0.1) is 19.8 Å². The molecule has 1 atom stereocenters. The molecule has 1 fully saturated rings. The van der Waals surface area contributed by atoms with Crippen LogP contribution in [0.15, 0.2) is 18.2 Å². The molecule has 3 nitrogen and oxygen atoms in total. The summed E-state index contributed by atoms with van der Waals surface area (Å²) in [6.45, 7) is 8.32. The van der Waals surface area contributed by atoms with Crippen molar-refractivity contribution >= 4 is 5.91 Å². The molecule has 0 aromatic heterocycles. The highest BCUT2D eigenvalue weighted by Gasteiger charge is 2.24. The van der Waals surface area contributed by atoms with Gasteiger partial charge in [0.05, 0.1) is 6.04 Å². The molecule has 1 aromatic rings. The van der Waals surface area contributed by atoms with Gasteiger partial charge >= 0.3 is 0 Å². The number of hydrogen-bond acceptors (Lipinski definition) is 2. The largest absolute Gasteiger partial charge is 0.349 e. The quantitative estimate of drug-likeness (QED) is 0.919. The number of nitrogens with one attached hydrogen (secondary N) is 1. The lowest BCUT2D eigenvalue weighted by molar-refractivity contribution is -0.127. The Balaban J connectivity index is 1.98. The number of carbonyl (C=O) groups is 1. The number of carbonyl (C=O) groups excluding carboxylic acids is 1. The third-order valence-corrected chi connectivity index (χ3v) is 4.35. The smallest absolute Gasteiger partial charge is 0.223 e. The molecule has 0 spiro atoms. The van der Waals surface area contributed by atoms with Crippen LogP contribution in [-0.4, -0.2) is 30.9 Å². The first-order valence-corrected chi connectivity index (χ1v) is 7.53. The molecule has 0 bridgehead atoms. The Bertz CT molecular complexity index is 476. The summed E-state index contributed by atoms with van der Waals surface area (Å²) in [5.41, 5.74) is 3.71. The third kappa shape index (κ3) is 3.60. The Morgan fingerprint density at radius 1 is 1.30 bits per heavy atom. The average molecular weight is 274 g/mol. The first kappa shape index (κ1) is 15.0. The fourth-order valence-corrected chi connectivity index (χ4v) is 2.91. The van der Waals surface area contributed by atoms with Crippen LogP contribution in [-0.2, 0) is 4.79 Å². The van der Waals surface area contributed by atoms with Gasteiger partial charge in [0.15, 0.2) is 0 Å². The van der Waals surface area contributed by atoms with Crippen LogP contribution in [0.25, 0.3) is 0 Å². The lowest BCUT2D eigenvalue weighted by Gasteiger charge is -2.29. The normalized spacial score (nSPS) is 18.8. The van der Waals surface area contributed by atoms with Gasteiger partial charge in [0.2, 0.25) is 5.91 Å². The Hall–Kier alpha value is -1.35. The van der Waals surface area contributed by atoms with Crippen LogP contribution in [0.4, 0.5) is 0 Å². The molecule has 1 aliphatic heterocycles. The van der Waals surface area contributed by atoms with E-state index in [0.29, 0.717) is 0 Å². The van der Waals surface area contributed by atoms with Crippen molar-refractivity contribution in [2.24, 2.45) is 5.92 Å². The molecule has 1 aromatic carbocycles. The van der Waals surface area contributed by atoms with E-state index in [2.05, 4.69) is 56.2 Å². The number of hydrogen-bond donors (Lipinski definition) is 1. The number of aryl methyl sites for hydroxylation is 2. The van der Waals surface area contributed by atoms with Crippen molar-refractivity contribution in [3.63, 3.8) is 0 Å². The van der Waals surface area contributed by atoms with E-state index < -0.39 is 0 Å². The highest BCUT2D eigenvalue weighted by molar-refractivity contribution is 5.79. The number of amides is 1. The van der Waals surface area contributed by atoms with Gasteiger partial charge in [-0.15, -0.1) is 0 Å². The second-order valence-electron chi connectivity index (χ2n) is 6.17. The molecule has 110 valence electrons. The molecule has 0 unspecified atom stereocenters. The van der Waals surface area contributed by atoms with Crippen molar-refractivity contribution in [1.82, 2.24) is 10.2 Å². The van der Waals surface area contributed by atoms with Crippen molar-refractivity contribution in [1.29, 1.82) is 0 Å². The Morgan fingerprint density at radius 3 is 2.60 bits per heavy atom. The van der Waals surface area contributed by atoms with E-state index in [1.807, 2.05) is 0 Å². The standard InChI is InChI=1S/C17H26N2O/c1-12-5-6-13(2)16(11-12)14(3)18-17(20)15-7-9-19(4)10-8-15/h5-6,11,14-15H,7-10H2,1-4H3,(H,18,20)/t14-/m0/s1. The molecule has 20 heavy (non-hydrogen) atoms. The summed E-state index contributed by atoms with van der Waals surface area (Å²) < 4.78 is 0. The lowest BCUT2D eigenvalue weighted by atomic mass is 9.94. The Morgan fingerprint density at radius 2 is 1.95 bits per heavy atom. The minimum Gasteiger partial charge on any atom is -0.349 e. The fraction of sp³-hybridized carbons (Fsp3) is 0.588. The predicted molar refractivity (Wildman–Crippen MR) is 82.7 cm³/mol. The van der Waals surface area contributed by atoms with Crippen molar-refractivity contribution in [3.8, 4) is 0 Å². The van der Waals surface area contributed by atoms with Gasteiger partial charge in [-0.25, -0.2) is 0 Å². The van der Waals surface area contributed by atoms with Gasteiger partial charge in [-0.3, -0.25) is 4.79 Å². The van der Waals surface area contributed by atoms with E-state index in [1.54, 1.807) is 0 Å². The molecule has 1 amide bonds. The van der Waals surface area contributed by atoms with E-state index in [4.69, 9.17) is 0 Å². The summed E-state index contributed by atoms with van der Waals surface area (Å²) >= 11 is 0. The molecule has 3 heteroatoms. The zero-order valence-corrected chi connectivity index (χ0v) is 13.1. The van der Waals surface area contributed by atoms with E-state index in [-0.39, 0.29) is 17.9 Å². The molecular weight excluding hydrogens is 248 g/mol. The fourth-order valence-electron chi connectivity index (χ4n) is 2.91. The van der Waals surface area contributed by atoms with Crippen LogP contribution in [0.1, 0.15) is 42.5 Å². The van der Waals surface area contributed by atoms with Crippen molar-refractivity contribution in [2.45, 2.75) is 39.7 Å². The molecule has 1 N–H and O–H groups in total. The number of likely N-dealkylation sites (tertiary alicyclic amines) is 1. The van der Waals surface area contributed by atoms with Gasteiger partial charge in [0, 0.05) is 5.92 Å². The van der Waals surface area contributed by atoms with E-state index in [9.17, 15) is 4.79 Å². The van der Waals surface area contributed by atoms with Crippen LogP contribution in [0.5, 0.6) is 0 Å². The summed E-state index contributed by atoms with van der Waals surface area (Å²) in [5.74, 6) is 0.394. The van der Waals surface area contributed by atoms with Gasteiger partial charge in [0.25, 0.3) is 0 Å². The van der Waals surface area contributed by atoms with Gasteiger partial charge in [-0.1, -0.05) is 23.8 Å². The maximum absolute atomic E-state index is 12.4.